The normalized spacial score (nSPS) is 11.3. The minimum atomic E-state index is -0.534. The molecule has 0 unspecified atom stereocenters. The summed E-state index contributed by atoms with van der Waals surface area (Å²) >= 11 is 0. The molecule has 1 rings (SSSR count). The molecule has 1 aromatic rings. The van der Waals surface area contributed by atoms with Crippen LogP contribution in [0, 0.1) is 0 Å². The first-order chi connectivity index (χ1) is 9.67. The van der Waals surface area contributed by atoms with Crippen molar-refractivity contribution in [2.24, 2.45) is 0 Å². The molecule has 0 atom stereocenters. The van der Waals surface area contributed by atoms with Crippen LogP contribution in [0.2, 0.25) is 0 Å². The van der Waals surface area contributed by atoms with E-state index in [0.717, 1.165) is 0 Å². The first kappa shape index (κ1) is 17.2. The van der Waals surface area contributed by atoms with Crippen molar-refractivity contribution in [3.8, 4) is 5.75 Å². The summed E-state index contributed by atoms with van der Waals surface area (Å²) in [6, 6.07) is 7.39. The molecule has 4 heteroatoms. The summed E-state index contributed by atoms with van der Waals surface area (Å²) in [5, 5.41) is 0. The smallest absolute Gasteiger partial charge is 0.311 e. The van der Waals surface area contributed by atoms with Crippen molar-refractivity contribution in [1.82, 2.24) is 0 Å². The van der Waals surface area contributed by atoms with Crippen molar-refractivity contribution < 1.29 is 19.1 Å². The fourth-order valence-electron chi connectivity index (χ4n) is 1.70. The van der Waals surface area contributed by atoms with Gasteiger partial charge in [-0.15, -0.1) is 0 Å². The van der Waals surface area contributed by atoms with E-state index in [1.54, 1.807) is 32.9 Å². The molecule has 0 saturated carbocycles. The summed E-state index contributed by atoms with van der Waals surface area (Å²) in [5.41, 5.74) is 0.650. The summed E-state index contributed by atoms with van der Waals surface area (Å²) in [4.78, 5) is 23.2. The summed E-state index contributed by atoms with van der Waals surface area (Å²) < 4.78 is 10.3. The molecule has 0 aliphatic heterocycles. The van der Waals surface area contributed by atoms with Gasteiger partial charge in [0.1, 0.15) is 11.4 Å². The second-order valence-electron chi connectivity index (χ2n) is 6.28. The predicted octanol–water partition coefficient (Wildman–Crippen LogP) is 3.84. The molecule has 21 heavy (non-hydrogen) atoms. The van der Waals surface area contributed by atoms with Gasteiger partial charge in [-0.3, -0.25) is 9.59 Å². The topological polar surface area (TPSA) is 52.6 Å². The third kappa shape index (κ3) is 6.93. The Balaban J connectivity index is 2.42. The molecule has 0 spiro atoms. The van der Waals surface area contributed by atoms with Crippen molar-refractivity contribution in [2.45, 2.75) is 59.0 Å². The zero-order chi connectivity index (χ0) is 16.0. The van der Waals surface area contributed by atoms with E-state index < -0.39 is 17.5 Å². The fraction of sp³-hybridized carbons (Fsp3) is 0.529. The number of hydrogen-bond donors (Lipinski definition) is 0. The van der Waals surface area contributed by atoms with Crippen LogP contribution in [-0.2, 0) is 14.3 Å². The molecule has 0 aliphatic rings. The summed E-state index contributed by atoms with van der Waals surface area (Å²) in [6.45, 7) is 9.57. The Kier molecular flexibility index (Phi) is 5.94. The standard InChI is InChI=1S/C17H24O4/c1-12(2)13-6-8-14(9-7-13)20-15(18)10-11-16(19)21-17(3,4)5/h6-9,12H,10-11H2,1-5H3. The Hall–Kier alpha value is -1.84. The van der Waals surface area contributed by atoms with Crippen molar-refractivity contribution >= 4 is 11.9 Å². The van der Waals surface area contributed by atoms with Gasteiger partial charge in [0.2, 0.25) is 0 Å². The van der Waals surface area contributed by atoms with Crippen molar-refractivity contribution in [2.75, 3.05) is 0 Å². The van der Waals surface area contributed by atoms with E-state index in [4.69, 9.17) is 9.47 Å². The lowest BCUT2D eigenvalue weighted by Gasteiger charge is -2.19. The minimum absolute atomic E-state index is 0.0147. The Labute approximate surface area is 126 Å². The van der Waals surface area contributed by atoms with Crippen molar-refractivity contribution in [3.05, 3.63) is 29.8 Å². The SMILES string of the molecule is CC(C)c1ccc(OC(=O)CCC(=O)OC(C)(C)C)cc1. The number of rotatable bonds is 5. The molecule has 0 radical (unpaired) electrons. The quantitative estimate of drug-likeness (QED) is 0.611. The van der Waals surface area contributed by atoms with Gasteiger partial charge in [-0.2, -0.15) is 0 Å². The molecule has 4 nitrogen and oxygen atoms in total. The van der Waals surface area contributed by atoms with E-state index >= 15 is 0 Å². The van der Waals surface area contributed by atoms with E-state index in [1.165, 1.54) is 5.56 Å². The van der Waals surface area contributed by atoms with E-state index in [1.807, 2.05) is 12.1 Å². The van der Waals surface area contributed by atoms with Gasteiger partial charge in [0, 0.05) is 0 Å². The second kappa shape index (κ2) is 7.25. The molecule has 0 aromatic heterocycles. The number of esters is 2. The highest BCUT2D eigenvalue weighted by Crippen LogP contribution is 2.19. The monoisotopic (exact) mass is 292 g/mol. The van der Waals surface area contributed by atoms with Gasteiger partial charge in [0.25, 0.3) is 0 Å². The Morgan fingerprint density at radius 2 is 1.52 bits per heavy atom. The summed E-state index contributed by atoms with van der Waals surface area (Å²) in [7, 11) is 0. The number of carbonyl (C=O) groups is 2. The average molecular weight is 292 g/mol. The zero-order valence-electron chi connectivity index (χ0n) is 13.4. The van der Waals surface area contributed by atoms with Crippen molar-refractivity contribution in [3.63, 3.8) is 0 Å². The number of hydrogen-bond acceptors (Lipinski definition) is 4. The summed E-state index contributed by atoms with van der Waals surface area (Å²) in [6.07, 6.45) is 0.0427. The maximum atomic E-state index is 11.7. The van der Waals surface area contributed by atoms with Crippen LogP contribution in [0.5, 0.6) is 5.75 Å². The third-order valence-corrected chi connectivity index (χ3v) is 2.73. The molecule has 0 saturated heterocycles. The van der Waals surface area contributed by atoms with Gasteiger partial charge < -0.3 is 9.47 Å². The minimum Gasteiger partial charge on any atom is -0.460 e. The van der Waals surface area contributed by atoms with Crippen molar-refractivity contribution in [1.29, 1.82) is 0 Å². The van der Waals surface area contributed by atoms with E-state index in [0.29, 0.717) is 11.7 Å². The first-order valence-electron chi connectivity index (χ1n) is 7.20. The lowest BCUT2D eigenvalue weighted by Crippen LogP contribution is -2.24. The molecule has 1 aromatic carbocycles. The molecule has 0 bridgehead atoms. The molecule has 0 aliphatic carbocycles. The molecule has 116 valence electrons. The molecule has 0 amide bonds. The molecule has 0 heterocycles. The van der Waals surface area contributed by atoms with Crippen LogP contribution < -0.4 is 4.74 Å². The van der Waals surface area contributed by atoms with E-state index in [2.05, 4.69) is 13.8 Å². The maximum absolute atomic E-state index is 11.7. The number of carbonyl (C=O) groups excluding carboxylic acids is 2. The van der Waals surface area contributed by atoms with Gasteiger partial charge in [0.05, 0.1) is 12.8 Å². The highest BCUT2D eigenvalue weighted by atomic mass is 16.6. The second-order valence-corrected chi connectivity index (χ2v) is 6.28. The van der Waals surface area contributed by atoms with Crippen LogP contribution >= 0.6 is 0 Å². The Morgan fingerprint density at radius 1 is 1.00 bits per heavy atom. The van der Waals surface area contributed by atoms with Crippen LogP contribution in [-0.4, -0.2) is 17.5 Å². The maximum Gasteiger partial charge on any atom is 0.311 e. The van der Waals surface area contributed by atoms with E-state index in [9.17, 15) is 9.59 Å². The highest BCUT2D eigenvalue weighted by molar-refractivity contribution is 5.79. The van der Waals surface area contributed by atoms with Crippen LogP contribution in [0.4, 0.5) is 0 Å². The Bertz CT molecular complexity index is 481. The third-order valence-electron chi connectivity index (χ3n) is 2.73. The van der Waals surface area contributed by atoms with Gasteiger partial charge in [-0.05, 0) is 44.4 Å². The fourth-order valence-corrected chi connectivity index (χ4v) is 1.70. The van der Waals surface area contributed by atoms with Gasteiger partial charge in [-0.25, -0.2) is 0 Å². The summed E-state index contributed by atoms with van der Waals surface area (Å²) in [5.74, 6) is 0.100. The highest BCUT2D eigenvalue weighted by Gasteiger charge is 2.17. The van der Waals surface area contributed by atoms with Gasteiger partial charge >= 0.3 is 11.9 Å². The lowest BCUT2D eigenvalue weighted by molar-refractivity contribution is -0.156. The molecule has 0 N–H and O–H groups in total. The number of ether oxygens (including phenoxy) is 2. The Morgan fingerprint density at radius 3 is 2.00 bits per heavy atom. The average Bonchev–Trinajstić information content (AvgIpc) is 2.35. The predicted molar refractivity (Wildman–Crippen MR) is 81.2 cm³/mol. The van der Waals surface area contributed by atoms with Crippen LogP contribution in [0.25, 0.3) is 0 Å². The first-order valence-corrected chi connectivity index (χ1v) is 7.20. The number of benzene rings is 1. The zero-order valence-corrected chi connectivity index (χ0v) is 13.4. The largest absolute Gasteiger partial charge is 0.460 e. The van der Waals surface area contributed by atoms with Gasteiger partial charge in [0.15, 0.2) is 0 Å². The van der Waals surface area contributed by atoms with Crippen LogP contribution in [0.1, 0.15) is 58.9 Å². The van der Waals surface area contributed by atoms with Crippen LogP contribution in [0.15, 0.2) is 24.3 Å². The molecular weight excluding hydrogens is 268 g/mol. The van der Waals surface area contributed by atoms with E-state index in [-0.39, 0.29) is 12.8 Å². The van der Waals surface area contributed by atoms with Gasteiger partial charge in [-0.1, -0.05) is 26.0 Å². The molecular formula is C17H24O4. The lowest BCUT2D eigenvalue weighted by atomic mass is 10.0. The molecule has 0 fully saturated rings. The van der Waals surface area contributed by atoms with Crippen LogP contribution in [0.3, 0.4) is 0 Å².